The zero-order chi connectivity index (χ0) is 21.7. The summed E-state index contributed by atoms with van der Waals surface area (Å²) in [6, 6.07) is 16.8. The molecule has 7 heteroatoms. The fourth-order valence-electron chi connectivity index (χ4n) is 3.73. The van der Waals surface area contributed by atoms with Gasteiger partial charge in [0, 0.05) is 30.2 Å². The number of rotatable bonds is 7. The molecule has 0 spiro atoms. The van der Waals surface area contributed by atoms with Crippen LogP contribution in [-0.2, 0) is 16.8 Å². The van der Waals surface area contributed by atoms with E-state index in [0.717, 1.165) is 18.4 Å². The normalized spacial score (nSPS) is 15.4. The Morgan fingerprint density at radius 1 is 1.03 bits per heavy atom. The molecule has 0 saturated carbocycles. The second-order valence-electron chi connectivity index (χ2n) is 7.59. The van der Waals surface area contributed by atoms with Gasteiger partial charge in [0.2, 0.25) is 0 Å². The minimum Gasteiger partial charge on any atom is -0.486 e. The molecule has 1 saturated heterocycles. The quantitative estimate of drug-likeness (QED) is 0.550. The van der Waals surface area contributed by atoms with Gasteiger partial charge in [-0.05, 0) is 66.9 Å². The van der Waals surface area contributed by atoms with Gasteiger partial charge in [-0.1, -0.05) is 23.7 Å². The summed E-state index contributed by atoms with van der Waals surface area (Å²) in [6.07, 6.45) is 1.62. The van der Waals surface area contributed by atoms with Gasteiger partial charge in [0.1, 0.15) is 23.9 Å². The van der Waals surface area contributed by atoms with Gasteiger partial charge in [0.15, 0.2) is 5.76 Å². The molecule has 3 aromatic rings. The minimum atomic E-state index is -0.329. The van der Waals surface area contributed by atoms with Crippen LogP contribution in [0.25, 0.3) is 0 Å². The number of ether oxygens (including phenoxy) is 2. The number of hydrogen-bond acceptors (Lipinski definition) is 4. The molecule has 1 amide bonds. The van der Waals surface area contributed by atoms with E-state index in [1.54, 1.807) is 12.1 Å². The van der Waals surface area contributed by atoms with Crippen LogP contribution >= 0.6 is 11.6 Å². The SMILES string of the molecule is O=C(NCC1(c2ccc(Cl)cc2)CCOCC1)c1ccc(COc2ccc(F)cc2)o1. The van der Waals surface area contributed by atoms with Gasteiger partial charge >= 0.3 is 0 Å². The van der Waals surface area contributed by atoms with E-state index in [-0.39, 0.29) is 29.5 Å². The molecule has 4 rings (SSSR count). The highest BCUT2D eigenvalue weighted by molar-refractivity contribution is 6.30. The summed E-state index contributed by atoms with van der Waals surface area (Å²) in [6.45, 7) is 1.90. The van der Waals surface area contributed by atoms with Gasteiger partial charge in [-0.15, -0.1) is 0 Å². The third-order valence-corrected chi connectivity index (χ3v) is 5.83. The molecule has 2 aromatic carbocycles. The van der Waals surface area contributed by atoms with Crippen LogP contribution in [0, 0.1) is 5.82 Å². The topological polar surface area (TPSA) is 60.7 Å². The first-order valence-corrected chi connectivity index (χ1v) is 10.5. The molecule has 0 atom stereocenters. The molecule has 31 heavy (non-hydrogen) atoms. The van der Waals surface area contributed by atoms with Crippen molar-refractivity contribution in [2.45, 2.75) is 24.9 Å². The van der Waals surface area contributed by atoms with E-state index < -0.39 is 0 Å². The Hall–Kier alpha value is -2.83. The predicted octanol–water partition coefficient (Wildman–Crippen LogP) is 5.13. The highest BCUT2D eigenvalue weighted by Crippen LogP contribution is 2.35. The number of hydrogen-bond donors (Lipinski definition) is 1. The van der Waals surface area contributed by atoms with Gasteiger partial charge in [-0.2, -0.15) is 0 Å². The fourth-order valence-corrected chi connectivity index (χ4v) is 3.86. The number of benzene rings is 2. The van der Waals surface area contributed by atoms with E-state index in [0.29, 0.717) is 36.3 Å². The van der Waals surface area contributed by atoms with Crippen molar-refractivity contribution in [3.05, 3.63) is 88.6 Å². The molecule has 162 valence electrons. The minimum absolute atomic E-state index is 0.144. The number of carbonyl (C=O) groups is 1. The molecule has 1 N–H and O–H groups in total. The van der Waals surface area contributed by atoms with Crippen LogP contribution in [0.4, 0.5) is 4.39 Å². The summed E-state index contributed by atoms with van der Waals surface area (Å²) in [5.74, 6) is 0.635. The molecule has 1 aromatic heterocycles. The monoisotopic (exact) mass is 443 g/mol. The molecule has 0 unspecified atom stereocenters. The van der Waals surface area contributed by atoms with Crippen LogP contribution in [0.1, 0.15) is 34.7 Å². The maximum absolute atomic E-state index is 13.0. The summed E-state index contributed by atoms with van der Waals surface area (Å²) < 4.78 is 29.7. The van der Waals surface area contributed by atoms with E-state index in [9.17, 15) is 9.18 Å². The Bertz CT molecular complexity index is 1010. The fraction of sp³-hybridized carbons (Fsp3) is 0.292. The molecule has 2 heterocycles. The van der Waals surface area contributed by atoms with Crippen molar-refractivity contribution in [2.75, 3.05) is 19.8 Å². The van der Waals surface area contributed by atoms with E-state index in [2.05, 4.69) is 5.32 Å². The zero-order valence-corrected chi connectivity index (χ0v) is 17.7. The largest absolute Gasteiger partial charge is 0.486 e. The van der Waals surface area contributed by atoms with Crippen molar-refractivity contribution in [1.29, 1.82) is 0 Å². The van der Waals surface area contributed by atoms with Gasteiger partial charge in [-0.3, -0.25) is 4.79 Å². The maximum atomic E-state index is 13.0. The van der Waals surface area contributed by atoms with Crippen molar-refractivity contribution < 1.29 is 23.1 Å². The highest BCUT2D eigenvalue weighted by Gasteiger charge is 2.35. The molecule has 0 bridgehead atoms. The first kappa shape index (κ1) is 21.4. The average molecular weight is 444 g/mol. The molecular weight excluding hydrogens is 421 g/mol. The first-order chi connectivity index (χ1) is 15.0. The Morgan fingerprint density at radius 3 is 2.45 bits per heavy atom. The number of nitrogens with one attached hydrogen (secondary N) is 1. The van der Waals surface area contributed by atoms with Crippen LogP contribution < -0.4 is 10.1 Å². The lowest BCUT2D eigenvalue weighted by atomic mass is 9.74. The van der Waals surface area contributed by atoms with E-state index in [1.165, 1.54) is 24.3 Å². The summed E-state index contributed by atoms with van der Waals surface area (Å²) in [5, 5.41) is 3.69. The van der Waals surface area contributed by atoms with Crippen molar-refractivity contribution in [1.82, 2.24) is 5.32 Å². The smallest absolute Gasteiger partial charge is 0.287 e. The van der Waals surface area contributed by atoms with Gasteiger partial charge in [-0.25, -0.2) is 4.39 Å². The predicted molar refractivity (Wildman–Crippen MR) is 115 cm³/mol. The van der Waals surface area contributed by atoms with Crippen molar-refractivity contribution in [3.63, 3.8) is 0 Å². The lowest BCUT2D eigenvalue weighted by molar-refractivity contribution is 0.0484. The van der Waals surface area contributed by atoms with E-state index in [4.69, 9.17) is 25.5 Å². The maximum Gasteiger partial charge on any atom is 0.287 e. The number of amides is 1. The second kappa shape index (κ2) is 9.54. The van der Waals surface area contributed by atoms with Crippen LogP contribution in [0.15, 0.2) is 65.1 Å². The molecule has 1 aliphatic rings. The van der Waals surface area contributed by atoms with Crippen molar-refractivity contribution >= 4 is 17.5 Å². The van der Waals surface area contributed by atoms with Gasteiger partial charge < -0.3 is 19.2 Å². The van der Waals surface area contributed by atoms with Crippen molar-refractivity contribution in [3.8, 4) is 5.75 Å². The standard InChI is InChI=1S/C24H23ClFNO4/c25-18-3-1-17(2-4-18)24(11-13-29-14-12-24)16-27-23(28)22-10-9-21(31-22)15-30-20-7-5-19(26)6-8-20/h1-10H,11-16H2,(H,27,28). The van der Waals surface area contributed by atoms with Crippen LogP contribution in [0.5, 0.6) is 5.75 Å². The summed E-state index contributed by atoms with van der Waals surface area (Å²) in [5.41, 5.74) is 0.924. The van der Waals surface area contributed by atoms with Gasteiger partial charge in [0.05, 0.1) is 0 Å². The summed E-state index contributed by atoms with van der Waals surface area (Å²) in [7, 11) is 0. The first-order valence-electron chi connectivity index (χ1n) is 10.1. The molecule has 0 radical (unpaired) electrons. The highest BCUT2D eigenvalue weighted by atomic mass is 35.5. The Morgan fingerprint density at radius 2 is 1.74 bits per heavy atom. The van der Waals surface area contributed by atoms with Crippen LogP contribution in [-0.4, -0.2) is 25.7 Å². The van der Waals surface area contributed by atoms with E-state index >= 15 is 0 Å². The molecule has 1 fully saturated rings. The summed E-state index contributed by atoms with van der Waals surface area (Å²) in [4.78, 5) is 12.7. The molecule has 5 nitrogen and oxygen atoms in total. The molecule has 0 aliphatic carbocycles. The third kappa shape index (κ3) is 5.27. The number of halogens is 2. The Kier molecular flexibility index (Phi) is 6.59. The second-order valence-corrected chi connectivity index (χ2v) is 8.03. The van der Waals surface area contributed by atoms with Crippen molar-refractivity contribution in [2.24, 2.45) is 0 Å². The summed E-state index contributed by atoms with van der Waals surface area (Å²) >= 11 is 6.04. The number of carbonyl (C=O) groups excluding carboxylic acids is 1. The average Bonchev–Trinajstić information content (AvgIpc) is 3.27. The lowest BCUT2D eigenvalue weighted by Gasteiger charge is -2.38. The zero-order valence-electron chi connectivity index (χ0n) is 16.9. The molecular formula is C24H23ClFNO4. The Balaban J connectivity index is 1.38. The molecule has 1 aliphatic heterocycles. The Labute approximate surface area is 185 Å². The van der Waals surface area contributed by atoms with Gasteiger partial charge in [0.25, 0.3) is 5.91 Å². The number of furan rings is 1. The lowest BCUT2D eigenvalue weighted by Crippen LogP contribution is -2.44. The van der Waals surface area contributed by atoms with E-state index in [1.807, 2.05) is 24.3 Å². The van der Waals surface area contributed by atoms with Crippen LogP contribution in [0.3, 0.4) is 0 Å². The third-order valence-electron chi connectivity index (χ3n) is 5.57. The van der Waals surface area contributed by atoms with Crippen LogP contribution in [0.2, 0.25) is 5.02 Å².